The van der Waals surface area contributed by atoms with Crippen LogP contribution in [0.4, 0.5) is 0 Å². The molecule has 0 bridgehead atoms. The minimum Gasteiger partial charge on any atom is -0.497 e. The van der Waals surface area contributed by atoms with Crippen LogP contribution in [0.25, 0.3) is 16.7 Å². The highest BCUT2D eigenvalue weighted by Crippen LogP contribution is 2.25. The number of benzene rings is 2. The quantitative estimate of drug-likeness (QED) is 0.602. The number of ether oxygens (including phenoxy) is 2. The highest BCUT2D eigenvalue weighted by molar-refractivity contribution is 7.99. The Labute approximate surface area is 151 Å². The van der Waals surface area contributed by atoms with E-state index in [0.717, 1.165) is 28.3 Å². The zero-order valence-corrected chi connectivity index (χ0v) is 15.1. The molecular weight excluding hydrogens is 336 g/mol. The Morgan fingerprint density at radius 2 is 1.92 bits per heavy atom. The monoisotopic (exact) mass is 356 g/mol. The first kappa shape index (κ1) is 17.4. The molecule has 0 N–H and O–H groups in total. The number of esters is 1. The summed E-state index contributed by atoms with van der Waals surface area (Å²) < 4.78 is 12.3. The molecule has 0 saturated carbocycles. The number of rotatable bonds is 7. The van der Waals surface area contributed by atoms with E-state index in [0.29, 0.717) is 18.1 Å². The average Bonchev–Trinajstić information content (AvgIpc) is 3.00. The van der Waals surface area contributed by atoms with Crippen molar-refractivity contribution in [1.29, 1.82) is 0 Å². The summed E-state index contributed by atoms with van der Waals surface area (Å²) in [5, 5.41) is 0. The van der Waals surface area contributed by atoms with Gasteiger partial charge in [-0.05, 0) is 43.3 Å². The second-order valence-electron chi connectivity index (χ2n) is 5.35. The number of carbonyl (C=O) groups excluding carboxylic acids is 1. The molecule has 0 aliphatic heterocycles. The molecule has 0 unspecified atom stereocenters. The van der Waals surface area contributed by atoms with Crippen LogP contribution in [0, 0.1) is 0 Å². The Bertz CT molecular complexity index is 859. The van der Waals surface area contributed by atoms with Crippen molar-refractivity contribution < 1.29 is 14.3 Å². The van der Waals surface area contributed by atoms with Crippen molar-refractivity contribution in [3.8, 4) is 11.4 Å². The fourth-order valence-corrected chi connectivity index (χ4v) is 3.35. The molecule has 0 radical (unpaired) electrons. The van der Waals surface area contributed by atoms with Crippen molar-refractivity contribution in [2.45, 2.75) is 12.7 Å². The van der Waals surface area contributed by atoms with E-state index in [1.165, 1.54) is 11.8 Å². The van der Waals surface area contributed by atoms with Gasteiger partial charge in [-0.1, -0.05) is 12.1 Å². The largest absolute Gasteiger partial charge is 0.497 e. The van der Waals surface area contributed by atoms with Gasteiger partial charge in [-0.15, -0.1) is 11.8 Å². The van der Waals surface area contributed by atoms with Gasteiger partial charge in [-0.2, -0.15) is 0 Å². The molecule has 3 rings (SSSR count). The van der Waals surface area contributed by atoms with Gasteiger partial charge in [-0.3, -0.25) is 9.36 Å². The second-order valence-corrected chi connectivity index (χ2v) is 6.33. The normalized spacial score (nSPS) is 10.8. The molecule has 2 aromatic carbocycles. The summed E-state index contributed by atoms with van der Waals surface area (Å²) in [7, 11) is 1.65. The van der Waals surface area contributed by atoms with E-state index in [1.807, 2.05) is 55.5 Å². The smallest absolute Gasteiger partial charge is 0.315 e. The van der Waals surface area contributed by atoms with Crippen LogP contribution in [-0.4, -0.2) is 35.0 Å². The number of fused-ring (bicyclic) bond motifs is 1. The molecule has 0 fully saturated rings. The number of aromatic nitrogens is 2. The van der Waals surface area contributed by atoms with Gasteiger partial charge in [0, 0.05) is 5.69 Å². The number of para-hydroxylation sites is 2. The standard InChI is InChI=1S/C19H20N2O3S/c1-3-24-19(22)13-25-12-18-20-16-6-4-5-7-17(16)21(18)14-8-10-15(23-2)11-9-14/h4-11H,3,12-13H2,1-2H3. The molecule has 25 heavy (non-hydrogen) atoms. The van der Waals surface area contributed by atoms with E-state index >= 15 is 0 Å². The molecule has 1 aromatic heterocycles. The number of hydrogen-bond donors (Lipinski definition) is 0. The van der Waals surface area contributed by atoms with Crippen LogP contribution in [0.2, 0.25) is 0 Å². The van der Waals surface area contributed by atoms with Crippen LogP contribution in [0.15, 0.2) is 48.5 Å². The molecule has 0 saturated heterocycles. The van der Waals surface area contributed by atoms with E-state index in [1.54, 1.807) is 7.11 Å². The van der Waals surface area contributed by atoms with Gasteiger partial charge in [0.2, 0.25) is 0 Å². The van der Waals surface area contributed by atoms with Crippen LogP contribution >= 0.6 is 11.8 Å². The van der Waals surface area contributed by atoms with Crippen molar-refractivity contribution >= 4 is 28.8 Å². The lowest BCUT2D eigenvalue weighted by molar-refractivity contribution is -0.139. The third-order valence-corrected chi connectivity index (χ3v) is 4.62. The predicted octanol–water partition coefficient (Wildman–Crippen LogP) is 3.83. The maximum atomic E-state index is 11.5. The zero-order chi connectivity index (χ0) is 17.6. The molecular formula is C19H20N2O3S. The Morgan fingerprint density at radius 1 is 1.16 bits per heavy atom. The van der Waals surface area contributed by atoms with Crippen molar-refractivity contribution in [1.82, 2.24) is 9.55 Å². The van der Waals surface area contributed by atoms with Gasteiger partial charge in [0.15, 0.2) is 0 Å². The SMILES string of the molecule is CCOC(=O)CSCc1nc2ccccc2n1-c1ccc(OC)cc1. The van der Waals surface area contributed by atoms with Crippen molar-refractivity contribution in [2.75, 3.05) is 19.5 Å². The summed E-state index contributed by atoms with van der Waals surface area (Å²) in [5.74, 6) is 2.46. The molecule has 0 amide bonds. The van der Waals surface area contributed by atoms with Gasteiger partial charge in [0.05, 0.1) is 36.3 Å². The third kappa shape index (κ3) is 3.96. The summed E-state index contributed by atoms with van der Waals surface area (Å²) in [6.45, 7) is 2.22. The Hall–Kier alpha value is -2.47. The van der Waals surface area contributed by atoms with Crippen molar-refractivity contribution in [3.05, 3.63) is 54.4 Å². The first-order valence-electron chi connectivity index (χ1n) is 8.07. The van der Waals surface area contributed by atoms with Crippen LogP contribution in [0.5, 0.6) is 5.75 Å². The van der Waals surface area contributed by atoms with Gasteiger partial charge in [0.1, 0.15) is 11.6 Å². The Morgan fingerprint density at radius 3 is 2.64 bits per heavy atom. The lowest BCUT2D eigenvalue weighted by atomic mass is 10.2. The minimum atomic E-state index is -0.195. The maximum Gasteiger partial charge on any atom is 0.315 e. The van der Waals surface area contributed by atoms with E-state index in [2.05, 4.69) is 4.57 Å². The van der Waals surface area contributed by atoms with E-state index in [4.69, 9.17) is 14.5 Å². The average molecular weight is 356 g/mol. The zero-order valence-electron chi connectivity index (χ0n) is 14.3. The van der Waals surface area contributed by atoms with Gasteiger partial charge in [0.25, 0.3) is 0 Å². The van der Waals surface area contributed by atoms with E-state index in [9.17, 15) is 4.79 Å². The third-order valence-electron chi connectivity index (χ3n) is 3.72. The summed E-state index contributed by atoms with van der Waals surface area (Å²) in [4.78, 5) is 16.3. The maximum absolute atomic E-state index is 11.5. The molecule has 5 nitrogen and oxygen atoms in total. The summed E-state index contributed by atoms with van der Waals surface area (Å²) in [6.07, 6.45) is 0. The van der Waals surface area contributed by atoms with Gasteiger partial charge >= 0.3 is 5.97 Å². The molecule has 0 atom stereocenters. The van der Waals surface area contributed by atoms with Crippen LogP contribution in [0.1, 0.15) is 12.7 Å². The molecule has 0 aliphatic rings. The molecule has 130 valence electrons. The molecule has 0 aliphatic carbocycles. The Balaban J connectivity index is 1.90. The van der Waals surface area contributed by atoms with Crippen molar-refractivity contribution in [2.24, 2.45) is 0 Å². The number of nitrogens with zero attached hydrogens (tertiary/aromatic N) is 2. The van der Waals surface area contributed by atoms with E-state index < -0.39 is 0 Å². The molecule has 3 aromatic rings. The first-order valence-corrected chi connectivity index (χ1v) is 9.22. The second kappa shape index (κ2) is 8.07. The highest BCUT2D eigenvalue weighted by Gasteiger charge is 2.13. The van der Waals surface area contributed by atoms with Crippen LogP contribution < -0.4 is 4.74 Å². The van der Waals surface area contributed by atoms with Gasteiger partial charge in [-0.25, -0.2) is 4.98 Å². The number of thioether (sulfide) groups is 1. The van der Waals surface area contributed by atoms with Gasteiger partial charge < -0.3 is 9.47 Å². The number of hydrogen-bond acceptors (Lipinski definition) is 5. The fraction of sp³-hybridized carbons (Fsp3) is 0.263. The lowest BCUT2D eigenvalue weighted by Crippen LogP contribution is -2.07. The predicted molar refractivity (Wildman–Crippen MR) is 100 cm³/mol. The molecule has 0 spiro atoms. The number of methoxy groups -OCH3 is 1. The summed E-state index contributed by atoms with van der Waals surface area (Å²) >= 11 is 1.50. The minimum absolute atomic E-state index is 0.195. The highest BCUT2D eigenvalue weighted by atomic mass is 32.2. The van der Waals surface area contributed by atoms with E-state index in [-0.39, 0.29) is 5.97 Å². The molecule has 6 heteroatoms. The first-order chi connectivity index (χ1) is 12.2. The van der Waals surface area contributed by atoms with Crippen molar-refractivity contribution in [3.63, 3.8) is 0 Å². The topological polar surface area (TPSA) is 53.3 Å². The molecule has 1 heterocycles. The van der Waals surface area contributed by atoms with Crippen LogP contribution in [-0.2, 0) is 15.3 Å². The summed E-state index contributed by atoms with van der Waals surface area (Å²) in [5.41, 5.74) is 2.99. The number of imidazole rings is 1. The number of carbonyl (C=O) groups is 1. The lowest BCUT2D eigenvalue weighted by Gasteiger charge is -2.10. The van der Waals surface area contributed by atoms with Crippen LogP contribution in [0.3, 0.4) is 0 Å². The fourth-order valence-electron chi connectivity index (χ4n) is 2.62. The summed E-state index contributed by atoms with van der Waals surface area (Å²) in [6, 6.07) is 15.9. The Kier molecular flexibility index (Phi) is 5.60.